The summed E-state index contributed by atoms with van der Waals surface area (Å²) in [7, 11) is 0. The summed E-state index contributed by atoms with van der Waals surface area (Å²) >= 11 is 0. The smallest absolute Gasteiger partial charge is 0.189 e. The van der Waals surface area contributed by atoms with Crippen LogP contribution >= 0.6 is 0 Å². The van der Waals surface area contributed by atoms with Crippen LogP contribution in [0.4, 0.5) is 0 Å². The monoisotopic (exact) mass is 248 g/mol. The van der Waals surface area contributed by atoms with Gasteiger partial charge in [0.1, 0.15) is 5.75 Å². The molecule has 0 amide bonds. The van der Waals surface area contributed by atoms with Gasteiger partial charge in [0.2, 0.25) is 0 Å². The number of benzene rings is 1. The lowest BCUT2D eigenvalue weighted by atomic mass is 9.89. The molecule has 0 unspecified atom stereocenters. The molecular formula is C15H20O3. The highest BCUT2D eigenvalue weighted by molar-refractivity contribution is 5.38. The zero-order valence-corrected chi connectivity index (χ0v) is 10.6. The number of hydrogen-bond donors (Lipinski definition) is 1. The first kappa shape index (κ1) is 12.0. The van der Waals surface area contributed by atoms with Crippen molar-refractivity contribution in [2.24, 2.45) is 5.92 Å². The predicted octanol–water partition coefficient (Wildman–Crippen LogP) is 2.82. The summed E-state index contributed by atoms with van der Waals surface area (Å²) in [4.78, 5) is 0. The summed E-state index contributed by atoms with van der Waals surface area (Å²) in [5, 5.41) is 9.95. The van der Waals surface area contributed by atoms with Gasteiger partial charge >= 0.3 is 0 Å². The highest BCUT2D eigenvalue weighted by atomic mass is 16.7. The van der Waals surface area contributed by atoms with Crippen molar-refractivity contribution < 1.29 is 14.6 Å². The van der Waals surface area contributed by atoms with Crippen LogP contribution < -0.4 is 4.74 Å². The van der Waals surface area contributed by atoms with Gasteiger partial charge in [0.25, 0.3) is 0 Å². The molecule has 0 aromatic heterocycles. The van der Waals surface area contributed by atoms with Gasteiger partial charge in [-0.3, -0.25) is 0 Å². The molecule has 0 heterocycles. The molecule has 1 aromatic rings. The Bertz CT molecular complexity index is 412. The average molecular weight is 248 g/mol. The molecular weight excluding hydrogens is 228 g/mol. The molecule has 1 atom stereocenters. The van der Waals surface area contributed by atoms with Crippen LogP contribution in [0.2, 0.25) is 0 Å². The van der Waals surface area contributed by atoms with E-state index in [0.717, 1.165) is 43.1 Å². The van der Waals surface area contributed by atoms with Gasteiger partial charge in [0, 0.05) is 0 Å². The second kappa shape index (κ2) is 5.29. The highest BCUT2D eigenvalue weighted by Gasteiger charge is 2.21. The first-order chi connectivity index (χ1) is 8.83. The lowest BCUT2D eigenvalue weighted by Gasteiger charge is -2.21. The van der Waals surface area contributed by atoms with E-state index in [1.165, 1.54) is 18.4 Å². The minimum atomic E-state index is -0.329. The molecule has 1 N–H and O–H groups in total. The van der Waals surface area contributed by atoms with Crippen LogP contribution in [0.1, 0.15) is 42.9 Å². The molecule has 1 aromatic carbocycles. The standard InChI is InChI=1S/C15H20O3/c16-15-3-1-2-12-6-7-13(8-14(12)15)18-10-17-9-11-4-5-11/h6-8,11,15-16H,1-5,9-10H2/t15-/m0/s1. The van der Waals surface area contributed by atoms with Crippen molar-refractivity contribution in [2.75, 3.05) is 13.4 Å². The molecule has 1 fully saturated rings. The maximum Gasteiger partial charge on any atom is 0.189 e. The topological polar surface area (TPSA) is 38.7 Å². The Hall–Kier alpha value is -1.06. The first-order valence-electron chi connectivity index (χ1n) is 6.84. The molecule has 18 heavy (non-hydrogen) atoms. The van der Waals surface area contributed by atoms with Crippen LogP contribution in [-0.4, -0.2) is 18.5 Å². The van der Waals surface area contributed by atoms with Crippen molar-refractivity contribution in [2.45, 2.75) is 38.2 Å². The summed E-state index contributed by atoms with van der Waals surface area (Å²) in [6, 6.07) is 5.99. The van der Waals surface area contributed by atoms with Crippen molar-refractivity contribution in [1.29, 1.82) is 0 Å². The van der Waals surface area contributed by atoms with Crippen LogP contribution in [0.3, 0.4) is 0 Å². The normalized spacial score (nSPS) is 22.6. The Balaban J connectivity index is 1.56. The van der Waals surface area contributed by atoms with E-state index in [4.69, 9.17) is 9.47 Å². The lowest BCUT2D eigenvalue weighted by Crippen LogP contribution is -2.10. The molecule has 98 valence electrons. The number of ether oxygens (including phenoxy) is 2. The summed E-state index contributed by atoms with van der Waals surface area (Å²) in [6.07, 6.45) is 5.25. The van der Waals surface area contributed by atoms with E-state index in [9.17, 15) is 5.11 Å². The molecule has 3 heteroatoms. The van der Waals surface area contributed by atoms with E-state index < -0.39 is 0 Å². The summed E-state index contributed by atoms with van der Waals surface area (Å²) < 4.78 is 11.0. The van der Waals surface area contributed by atoms with Crippen LogP contribution in [0.25, 0.3) is 0 Å². The number of aliphatic hydroxyl groups is 1. The summed E-state index contributed by atoms with van der Waals surface area (Å²) in [5.41, 5.74) is 2.28. The van der Waals surface area contributed by atoms with E-state index in [-0.39, 0.29) is 6.10 Å². The van der Waals surface area contributed by atoms with E-state index >= 15 is 0 Å². The SMILES string of the molecule is O[C@H]1CCCc2ccc(OCOCC3CC3)cc21. The fourth-order valence-corrected chi connectivity index (χ4v) is 2.45. The van der Waals surface area contributed by atoms with Crippen molar-refractivity contribution in [3.05, 3.63) is 29.3 Å². The first-order valence-corrected chi connectivity index (χ1v) is 6.84. The number of fused-ring (bicyclic) bond motifs is 1. The zero-order valence-electron chi connectivity index (χ0n) is 10.6. The maximum atomic E-state index is 9.95. The fraction of sp³-hybridized carbons (Fsp3) is 0.600. The highest BCUT2D eigenvalue weighted by Crippen LogP contribution is 2.32. The fourth-order valence-electron chi connectivity index (χ4n) is 2.45. The third-order valence-corrected chi connectivity index (χ3v) is 3.76. The van der Waals surface area contributed by atoms with Gasteiger partial charge in [-0.25, -0.2) is 0 Å². The predicted molar refractivity (Wildman–Crippen MR) is 68.5 cm³/mol. The van der Waals surface area contributed by atoms with Crippen molar-refractivity contribution in [3.8, 4) is 5.75 Å². The molecule has 1 saturated carbocycles. The van der Waals surface area contributed by atoms with Crippen molar-refractivity contribution in [1.82, 2.24) is 0 Å². The largest absolute Gasteiger partial charge is 0.468 e. The second-order valence-corrected chi connectivity index (χ2v) is 5.35. The Labute approximate surface area is 108 Å². The van der Waals surface area contributed by atoms with Gasteiger partial charge in [-0.2, -0.15) is 0 Å². The molecule has 3 nitrogen and oxygen atoms in total. The second-order valence-electron chi connectivity index (χ2n) is 5.35. The number of aryl methyl sites for hydroxylation is 1. The third kappa shape index (κ3) is 2.85. The molecule has 0 bridgehead atoms. The number of aliphatic hydroxyl groups excluding tert-OH is 1. The van der Waals surface area contributed by atoms with Crippen LogP contribution in [0, 0.1) is 5.92 Å². The summed E-state index contributed by atoms with van der Waals surface area (Å²) in [5.74, 6) is 1.56. The van der Waals surface area contributed by atoms with Crippen LogP contribution in [-0.2, 0) is 11.2 Å². The zero-order chi connectivity index (χ0) is 12.4. The Morgan fingerprint density at radius 3 is 2.94 bits per heavy atom. The molecule has 2 aliphatic carbocycles. The lowest BCUT2D eigenvalue weighted by molar-refractivity contribution is 0.00977. The molecule has 0 aliphatic heterocycles. The molecule has 2 aliphatic rings. The van der Waals surface area contributed by atoms with Gasteiger partial charge in [-0.05, 0) is 61.3 Å². The molecule has 0 radical (unpaired) electrons. The molecule has 0 spiro atoms. The Kier molecular flexibility index (Phi) is 3.52. The Morgan fingerprint density at radius 2 is 2.11 bits per heavy atom. The minimum absolute atomic E-state index is 0.311. The van der Waals surface area contributed by atoms with Gasteiger partial charge in [-0.1, -0.05) is 6.07 Å². The molecule has 0 saturated heterocycles. The van der Waals surface area contributed by atoms with Crippen LogP contribution in [0.15, 0.2) is 18.2 Å². The van der Waals surface area contributed by atoms with Crippen molar-refractivity contribution >= 4 is 0 Å². The van der Waals surface area contributed by atoms with E-state index in [1.807, 2.05) is 12.1 Å². The number of hydrogen-bond acceptors (Lipinski definition) is 3. The van der Waals surface area contributed by atoms with E-state index in [0.29, 0.717) is 6.79 Å². The van der Waals surface area contributed by atoms with E-state index in [1.54, 1.807) is 0 Å². The van der Waals surface area contributed by atoms with E-state index in [2.05, 4.69) is 6.07 Å². The summed E-state index contributed by atoms with van der Waals surface area (Å²) in [6.45, 7) is 1.12. The maximum absolute atomic E-state index is 9.95. The van der Waals surface area contributed by atoms with Crippen molar-refractivity contribution in [3.63, 3.8) is 0 Å². The minimum Gasteiger partial charge on any atom is -0.468 e. The number of rotatable bonds is 5. The van der Waals surface area contributed by atoms with Crippen LogP contribution in [0.5, 0.6) is 5.75 Å². The molecule has 3 rings (SSSR count). The van der Waals surface area contributed by atoms with Gasteiger partial charge < -0.3 is 14.6 Å². The Morgan fingerprint density at radius 1 is 1.22 bits per heavy atom. The van der Waals surface area contributed by atoms with Gasteiger partial charge in [0.15, 0.2) is 6.79 Å². The van der Waals surface area contributed by atoms with Gasteiger partial charge in [0.05, 0.1) is 12.7 Å². The third-order valence-electron chi connectivity index (χ3n) is 3.76. The van der Waals surface area contributed by atoms with Gasteiger partial charge in [-0.15, -0.1) is 0 Å². The average Bonchev–Trinajstić information content (AvgIpc) is 3.20. The quantitative estimate of drug-likeness (QED) is 0.643.